The van der Waals surface area contributed by atoms with Crippen molar-refractivity contribution >= 4 is 5.91 Å². The molecular formula is C15H19N3O2. The summed E-state index contributed by atoms with van der Waals surface area (Å²) in [6, 6.07) is 9.55. The second-order valence-corrected chi connectivity index (χ2v) is 4.85. The second kappa shape index (κ2) is 6.34. The maximum absolute atomic E-state index is 12.0. The van der Waals surface area contributed by atoms with Crippen molar-refractivity contribution in [2.24, 2.45) is 0 Å². The third-order valence-electron chi connectivity index (χ3n) is 2.88. The van der Waals surface area contributed by atoms with Crippen molar-refractivity contribution in [1.29, 1.82) is 0 Å². The van der Waals surface area contributed by atoms with Gasteiger partial charge in [-0.1, -0.05) is 18.2 Å². The van der Waals surface area contributed by atoms with E-state index in [0.29, 0.717) is 23.9 Å². The molecule has 0 aliphatic heterocycles. The van der Waals surface area contributed by atoms with Gasteiger partial charge in [-0.05, 0) is 33.2 Å². The molecule has 0 aliphatic carbocycles. The zero-order valence-corrected chi connectivity index (χ0v) is 12.0. The van der Waals surface area contributed by atoms with Gasteiger partial charge >= 0.3 is 0 Å². The van der Waals surface area contributed by atoms with Crippen molar-refractivity contribution in [3.63, 3.8) is 0 Å². The van der Waals surface area contributed by atoms with E-state index in [9.17, 15) is 4.79 Å². The molecule has 2 rings (SSSR count). The summed E-state index contributed by atoms with van der Waals surface area (Å²) >= 11 is 0. The Balaban J connectivity index is 2.10. The molecule has 106 valence electrons. The molecular weight excluding hydrogens is 254 g/mol. The summed E-state index contributed by atoms with van der Waals surface area (Å²) in [6.07, 6.45) is 0. The number of rotatable bonds is 5. The summed E-state index contributed by atoms with van der Waals surface area (Å²) < 4.78 is 5.57. The zero-order valence-electron chi connectivity index (χ0n) is 12.0. The molecule has 0 radical (unpaired) electrons. The minimum absolute atomic E-state index is 0.199. The highest BCUT2D eigenvalue weighted by Crippen LogP contribution is 2.21. The van der Waals surface area contributed by atoms with Gasteiger partial charge in [-0.25, -0.2) is 4.98 Å². The van der Waals surface area contributed by atoms with Crippen LogP contribution in [0.5, 0.6) is 0 Å². The van der Waals surface area contributed by atoms with Crippen LogP contribution >= 0.6 is 0 Å². The molecule has 20 heavy (non-hydrogen) atoms. The highest BCUT2D eigenvalue weighted by molar-refractivity contribution is 5.93. The van der Waals surface area contributed by atoms with Gasteiger partial charge in [0, 0.05) is 18.7 Å². The summed E-state index contributed by atoms with van der Waals surface area (Å²) in [7, 11) is 3.92. The van der Waals surface area contributed by atoms with E-state index in [-0.39, 0.29) is 5.91 Å². The first-order valence-electron chi connectivity index (χ1n) is 6.53. The Labute approximate surface area is 118 Å². The first-order valence-corrected chi connectivity index (χ1v) is 6.53. The van der Waals surface area contributed by atoms with Crippen LogP contribution in [0, 0.1) is 6.92 Å². The number of likely N-dealkylation sites (N-methyl/N-ethyl adjacent to an activating group) is 1. The van der Waals surface area contributed by atoms with E-state index in [1.54, 1.807) is 6.92 Å². The Morgan fingerprint density at radius 1 is 1.30 bits per heavy atom. The van der Waals surface area contributed by atoms with Gasteiger partial charge in [0.25, 0.3) is 5.91 Å². The van der Waals surface area contributed by atoms with Crippen LogP contribution in [0.1, 0.15) is 16.2 Å². The number of aromatic nitrogens is 1. The van der Waals surface area contributed by atoms with Crippen molar-refractivity contribution in [2.45, 2.75) is 6.92 Å². The lowest BCUT2D eigenvalue weighted by Gasteiger charge is -2.09. The molecule has 1 aromatic carbocycles. The Morgan fingerprint density at radius 3 is 2.65 bits per heavy atom. The van der Waals surface area contributed by atoms with Crippen LogP contribution < -0.4 is 5.32 Å². The first kappa shape index (κ1) is 14.3. The second-order valence-electron chi connectivity index (χ2n) is 4.85. The Morgan fingerprint density at radius 2 is 2.00 bits per heavy atom. The third-order valence-corrected chi connectivity index (χ3v) is 2.88. The fourth-order valence-corrected chi connectivity index (χ4v) is 1.79. The Bertz CT molecular complexity index is 576. The minimum Gasteiger partial charge on any atom is -0.441 e. The number of hydrogen-bond acceptors (Lipinski definition) is 4. The van der Waals surface area contributed by atoms with Gasteiger partial charge in [0.15, 0.2) is 5.69 Å². The van der Waals surface area contributed by atoms with Crippen molar-refractivity contribution in [2.75, 3.05) is 27.2 Å². The minimum atomic E-state index is -0.199. The van der Waals surface area contributed by atoms with Gasteiger partial charge in [-0.15, -0.1) is 0 Å². The predicted octanol–water partition coefficient (Wildman–Crippen LogP) is 1.94. The van der Waals surface area contributed by atoms with Gasteiger partial charge < -0.3 is 14.6 Å². The van der Waals surface area contributed by atoms with Gasteiger partial charge in [0.1, 0.15) is 5.76 Å². The quantitative estimate of drug-likeness (QED) is 0.904. The highest BCUT2D eigenvalue weighted by atomic mass is 16.4. The number of benzene rings is 1. The van der Waals surface area contributed by atoms with Crippen molar-refractivity contribution in [3.05, 3.63) is 41.8 Å². The molecule has 0 spiro atoms. The van der Waals surface area contributed by atoms with Gasteiger partial charge in [-0.3, -0.25) is 4.79 Å². The van der Waals surface area contributed by atoms with E-state index in [2.05, 4.69) is 10.3 Å². The van der Waals surface area contributed by atoms with E-state index in [4.69, 9.17) is 4.42 Å². The van der Waals surface area contributed by atoms with Crippen molar-refractivity contribution in [3.8, 4) is 11.5 Å². The number of nitrogens with zero attached hydrogens (tertiary/aromatic N) is 2. The summed E-state index contributed by atoms with van der Waals surface area (Å²) in [5, 5.41) is 2.83. The van der Waals surface area contributed by atoms with E-state index < -0.39 is 0 Å². The van der Waals surface area contributed by atoms with E-state index in [1.807, 2.05) is 49.3 Å². The molecule has 0 atom stereocenters. The van der Waals surface area contributed by atoms with Crippen molar-refractivity contribution < 1.29 is 9.21 Å². The van der Waals surface area contributed by atoms with Crippen LogP contribution in [-0.2, 0) is 0 Å². The number of oxazole rings is 1. The molecule has 5 nitrogen and oxygen atoms in total. The first-order chi connectivity index (χ1) is 9.58. The standard InChI is InChI=1S/C15H19N3O2/c1-11-13(14(19)16-9-10-18(2)3)17-15(20-11)12-7-5-4-6-8-12/h4-8H,9-10H2,1-3H3,(H,16,19). The maximum Gasteiger partial charge on any atom is 0.273 e. The monoisotopic (exact) mass is 273 g/mol. The lowest BCUT2D eigenvalue weighted by molar-refractivity contribution is 0.0945. The average Bonchev–Trinajstić information content (AvgIpc) is 2.81. The molecule has 0 bridgehead atoms. The smallest absolute Gasteiger partial charge is 0.273 e. The van der Waals surface area contributed by atoms with Crippen LogP contribution in [0.25, 0.3) is 11.5 Å². The molecule has 1 N–H and O–H groups in total. The predicted molar refractivity (Wildman–Crippen MR) is 77.6 cm³/mol. The largest absolute Gasteiger partial charge is 0.441 e. The SMILES string of the molecule is Cc1oc(-c2ccccc2)nc1C(=O)NCCN(C)C. The molecule has 1 amide bonds. The zero-order chi connectivity index (χ0) is 14.5. The lowest BCUT2D eigenvalue weighted by Crippen LogP contribution is -2.31. The fourth-order valence-electron chi connectivity index (χ4n) is 1.79. The van der Waals surface area contributed by atoms with Crippen LogP contribution in [0.15, 0.2) is 34.7 Å². The topological polar surface area (TPSA) is 58.4 Å². The van der Waals surface area contributed by atoms with E-state index in [0.717, 1.165) is 12.1 Å². The fraction of sp³-hybridized carbons (Fsp3) is 0.333. The Kier molecular flexibility index (Phi) is 4.53. The number of carbonyl (C=O) groups excluding carboxylic acids is 1. The van der Waals surface area contributed by atoms with Crippen LogP contribution in [0.2, 0.25) is 0 Å². The number of aryl methyl sites for hydroxylation is 1. The number of amides is 1. The summed E-state index contributed by atoms with van der Waals surface area (Å²) in [4.78, 5) is 18.3. The van der Waals surface area contributed by atoms with Crippen LogP contribution in [0.3, 0.4) is 0 Å². The van der Waals surface area contributed by atoms with Crippen LogP contribution in [0.4, 0.5) is 0 Å². The maximum atomic E-state index is 12.0. The summed E-state index contributed by atoms with van der Waals surface area (Å²) in [6.45, 7) is 3.12. The lowest BCUT2D eigenvalue weighted by atomic mass is 10.2. The number of hydrogen-bond donors (Lipinski definition) is 1. The molecule has 0 aliphatic rings. The molecule has 0 saturated carbocycles. The number of nitrogens with one attached hydrogen (secondary N) is 1. The highest BCUT2D eigenvalue weighted by Gasteiger charge is 2.17. The molecule has 2 aromatic rings. The molecule has 0 unspecified atom stereocenters. The van der Waals surface area contributed by atoms with Gasteiger partial charge in [-0.2, -0.15) is 0 Å². The summed E-state index contributed by atoms with van der Waals surface area (Å²) in [5.74, 6) is 0.808. The van der Waals surface area contributed by atoms with E-state index >= 15 is 0 Å². The molecule has 5 heteroatoms. The Hall–Kier alpha value is -2.14. The normalized spacial score (nSPS) is 10.8. The van der Waals surface area contributed by atoms with Crippen LogP contribution in [-0.4, -0.2) is 43.0 Å². The summed E-state index contributed by atoms with van der Waals surface area (Å²) in [5.41, 5.74) is 1.21. The molecule has 1 aromatic heterocycles. The molecule has 0 fully saturated rings. The number of carbonyl (C=O) groups is 1. The average molecular weight is 273 g/mol. The van der Waals surface area contributed by atoms with E-state index in [1.165, 1.54) is 0 Å². The molecule has 1 heterocycles. The van der Waals surface area contributed by atoms with Crippen molar-refractivity contribution in [1.82, 2.24) is 15.2 Å². The van der Waals surface area contributed by atoms with Gasteiger partial charge in [0.05, 0.1) is 0 Å². The molecule has 0 saturated heterocycles. The van der Waals surface area contributed by atoms with Gasteiger partial charge in [0.2, 0.25) is 5.89 Å². The third kappa shape index (κ3) is 3.45.